The van der Waals surface area contributed by atoms with Crippen LogP contribution in [0.2, 0.25) is 0 Å². The maximum atomic E-state index is 13.5. The minimum Gasteiger partial charge on any atom is -0.352 e. The highest BCUT2D eigenvalue weighted by atomic mass is 35.5. The molecular weight excluding hydrogens is 322 g/mol. The second-order valence-electron chi connectivity index (χ2n) is 6.02. The zero-order valence-electron chi connectivity index (χ0n) is 13.2. The molecule has 1 unspecified atom stereocenters. The van der Waals surface area contributed by atoms with E-state index in [0.29, 0.717) is 12.5 Å². The summed E-state index contributed by atoms with van der Waals surface area (Å²) in [5.74, 6) is -1.45. The summed E-state index contributed by atoms with van der Waals surface area (Å²) >= 11 is 0. The van der Waals surface area contributed by atoms with E-state index in [1.54, 1.807) is 0 Å². The van der Waals surface area contributed by atoms with Crippen LogP contribution in [0.15, 0.2) is 18.2 Å². The first kappa shape index (κ1) is 19.8. The van der Waals surface area contributed by atoms with Crippen molar-refractivity contribution in [1.82, 2.24) is 5.32 Å². The molecule has 1 amide bonds. The molecule has 0 radical (unpaired) electrons. The maximum absolute atomic E-state index is 13.5. The Labute approximate surface area is 142 Å². The van der Waals surface area contributed by atoms with Crippen molar-refractivity contribution in [3.05, 3.63) is 35.4 Å². The van der Waals surface area contributed by atoms with Crippen molar-refractivity contribution in [3.63, 3.8) is 0 Å². The van der Waals surface area contributed by atoms with Gasteiger partial charge in [-0.05, 0) is 36.8 Å². The van der Waals surface area contributed by atoms with Gasteiger partial charge in [0.25, 0.3) is 0 Å². The van der Waals surface area contributed by atoms with Crippen LogP contribution in [0.1, 0.15) is 44.1 Å². The zero-order valence-corrected chi connectivity index (χ0v) is 14.0. The predicted octanol–water partition coefficient (Wildman–Crippen LogP) is 3.34. The number of carbonyl (C=O) groups is 1. The molecule has 23 heavy (non-hydrogen) atoms. The van der Waals surface area contributed by atoms with Gasteiger partial charge in [-0.15, -0.1) is 12.4 Å². The summed E-state index contributed by atoms with van der Waals surface area (Å²) in [4.78, 5) is 12.0. The van der Waals surface area contributed by atoms with Gasteiger partial charge >= 0.3 is 0 Å². The minimum absolute atomic E-state index is 0. The van der Waals surface area contributed by atoms with E-state index < -0.39 is 11.6 Å². The smallest absolute Gasteiger partial charge is 0.220 e. The first-order valence-electron chi connectivity index (χ1n) is 8.04. The van der Waals surface area contributed by atoms with E-state index in [9.17, 15) is 13.6 Å². The molecule has 130 valence electrons. The molecule has 1 aliphatic rings. The van der Waals surface area contributed by atoms with Crippen LogP contribution in [-0.4, -0.2) is 18.5 Å². The van der Waals surface area contributed by atoms with Crippen LogP contribution in [0.4, 0.5) is 8.78 Å². The zero-order chi connectivity index (χ0) is 15.9. The molecule has 3 nitrogen and oxygen atoms in total. The average molecular weight is 347 g/mol. The quantitative estimate of drug-likeness (QED) is 0.830. The van der Waals surface area contributed by atoms with Crippen molar-refractivity contribution in [1.29, 1.82) is 0 Å². The number of hydrogen-bond acceptors (Lipinski definition) is 2. The molecule has 0 aromatic heterocycles. The van der Waals surface area contributed by atoms with Crippen molar-refractivity contribution >= 4 is 18.3 Å². The number of hydrogen-bond donors (Lipinski definition) is 2. The van der Waals surface area contributed by atoms with Crippen LogP contribution in [0.5, 0.6) is 0 Å². The average Bonchev–Trinajstić information content (AvgIpc) is 2.55. The molecule has 0 saturated heterocycles. The van der Waals surface area contributed by atoms with Gasteiger partial charge < -0.3 is 11.1 Å². The predicted molar refractivity (Wildman–Crippen MR) is 89.5 cm³/mol. The SMILES string of the molecule is Cl.NCC(NC(=O)CCc1cccc(F)c1F)C1CCCCC1. The van der Waals surface area contributed by atoms with Crippen LogP contribution in [0.25, 0.3) is 0 Å². The third-order valence-corrected chi connectivity index (χ3v) is 4.47. The standard InChI is InChI=1S/C17H24F2N2O.ClH/c18-14-8-4-7-13(17(14)19)9-10-16(22)21-15(11-20)12-5-2-1-3-6-12;/h4,7-8,12,15H,1-3,5-6,9-11,20H2,(H,21,22);1H. The van der Waals surface area contributed by atoms with Gasteiger partial charge in [-0.25, -0.2) is 8.78 Å². The summed E-state index contributed by atoms with van der Waals surface area (Å²) in [6.45, 7) is 0.421. The Bertz CT molecular complexity index is 507. The van der Waals surface area contributed by atoms with Gasteiger partial charge in [0, 0.05) is 19.0 Å². The molecule has 1 fully saturated rings. The first-order valence-corrected chi connectivity index (χ1v) is 8.04. The van der Waals surface area contributed by atoms with Crippen molar-refractivity contribution < 1.29 is 13.6 Å². The topological polar surface area (TPSA) is 55.1 Å². The molecule has 1 saturated carbocycles. The lowest BCUT2D eigenvalue weighted by atomic mass is 9.84. The van der Waals surface area contributed by atoms with E-state index in [4.69, 9.17) is 5.73 Å². The number of amides is 1. The van der Waals surface area contributed by atoms with Gasteiger partial charge in [0.2, 0.25) is 5.91 Å². The lowest BCUT2D eigenvalue weighted by Gasteiger charge is -2.30. The van der Waals surface area contributed by atoms with Gasteiger partial charge in [0.15, 0.2) is 11.6 Å². The van der Waals surface area contributed by atoms with E-state index in [-0.39, 0.29) is 42.8 Å². The van der Waals surface area contributed by atoms with E-state index in [1.165, 1.54) is 31.4 Å². The monoisotopic (exact) mass is 346 g/mol. The highest BCUT2D eigenvalue weighted by Gasteiger charge is 2.23. The lowest BCUT2D eigenvalue weighted by molar-refractivity contribution is -0.122. The van der Waals surface area contributed by atoms with Gasteiger partial charge in [0.05, 0.1) is 0 Å². The minimum atomic E-state index is -0.875. The van der Waals surface area contributed by atoms with Crippen molar-refractivity contribution in [2.75, 3.05) is 6.54 Å². The molecule has 1 aromatic rings. The molecule has 6 heteroatoms. The Kier molecular flexibility index (Phi) is 8.48. The van der Waals surface area contributed by atoms with Gasteiger partial charge in [0.1, 0.15) is 0 Å². The van der Waals surface area contributed by atoms with Gasteiger partial charge in [-0.2, -0.15) is 0 Å². The van der Waals surface area contributed by atoms with Gasteiger partial charge in [-0.3, -0.25) is 4.79 Å². The lowest BCUT2D eigenvalue weighted by Crippen LogP contribution is -2.46. The molecular formula is C17H25ClF2N2O. The van der Waals surface area contributed by atoms with E-state index in [1.807, 2.05) is 0 Å². The van der Waals surface area contributed by atoms with Crippen LogP contribution < -0.4 is 11.1 Å². The Morgan fingerprint density at radius 2 is 1.96 bits per heavy atom. The second-order valence-corrected chi connectivity index (χ2v) is 6.02. The molecule has 1 aromatic carbocycles. The highest BCUT2D eigenvalue weighted by molar-refractivity contribution is 5.85. The van der Waals surface area contributed by atoms with Crippen LogP contribution in [0, 0.1) is 17.6 Å². The van der Waals surface area contributed by atoms with Crippen LogP contribution in [0.3, 0.4) is 0 Å². The normalized spacial score (nSPS) is 16.5. The summed E-state index contributed by atoms with van der Waals surface area (Å²) in [6.07, 6.45) is 6.15. The van der Waals surface area contributed by atoms with Crippen molar-refractivity contribution in [3.8, 4) is 0 Å². The Hall–Kier alpha value is -1.20. The fourth-order valence-corrected chi connectivity index (χ4v) is 3.17. The Balaban J connectivity index is 0.00000264. The Morgan fingerprint density at radius 3 is 2.61 bits per heavy atom. The number of benzene rings is 1. The summed E-state index contributed by atoms with van der Waals surface area (Å²) in [5.41, 5.74) is 6.01. The molecule has 1 atom stereocenters. The number of nitrogens with two attached hydrogens (primary N) is 1. The molecule has 2 rings (SSSR count). The number of carbonyl (C=O) groups excluding carboxylic acids is 1. The van der Waals surface area contributed by atoms with Crippen LogP contribution >= 0.6 is 12.4 Å². The molecule has 0 spiro atoms. The number of halogens is 3. The summed E-state index contributed by atoms with van der Waals surface area (Å²) in [6, 6.07) is 4.03. The van der Waals surface area contributed by atoms with Crippen molar-refractivity contribution in [2.45, 2.75) is 51.0 Å². The molecule has 3 N–H and O–H groups in total. The van der Waals surface area contributed by atoms with Gasteiger partial charge in [-0.1, -0.05) is 31.4 Å². The fraction of sp³-hybridized carbons (Fsp3) is 0.588. The first-order chi connectivity index (χ1) is 10.6. The number of rotatable bonds is 6. The summed E-state index contributed by atoms with van der Waals surface area (Å²) < 4.78 is 26.7. The van der Waals surface area contributed by atoms with E-state index in [2.05, 4.69) is 5.32 Å². The van der Waals surface area contributed by atoms with E-state index >= 15 is 0 Å². The molecule has 0 bridgehead atoms. The largest absolute Gasteiger partial charge is 0.352 e. The fourth-order valence-electron chi connectivity index (χ4n) is 3.17. The number of aryl methyl sites for hydroxylation is 1. The summed E-state index contributed by atoms with van der Waals surface area (Å²) in [5, 5.41) is 2.96. The van der Waals surface area contributed by atoms with Crippen LogP contribution in [-0.2, 0) is 11.2 Å². The molecule has 0 heterocycles. The Morgan fingerprint density at radius 1 is 1.26 bits per heavy atom. The van der Waals surface area contributed by atoms with E-state index in [0.717, 1.165) is 18.9 Å². The third-order valence-electron chi connectivity index (χ3n) is 4.47. The molecule has 1 aliphatic carbocycles. The summed E-state index contributed by atoms with van der Waals surface area (Å²) in [7, 11) is 0. The van der Waals surface area contributed by atoms with Crippen molar-refractivity contribution in [2.24, 2.45) is 11.7 Å². The maximum Gasteiger partial charge on any atom is 0.220 e. The molecule has 0 aliphatic heterocycles. The number of nitrogens with one attached hydrogen (secondary N) is 1. The third kappa shape index (κ3) is 5.74. The highest BCUT2D eigenvalue weighted by Crippen LogP contribution is 2.26. The second kappa shape index (κ2) is 9.83.